The maximum atomic E-state index is 12.9. The van der Waals surface area contributed by atoms with E-state index in [0.717, 1.165) is 5.69 Å². The Hall–Kier alpha value is -2.46. The summed E-state index contributed by atoms with van der Waals surface area (Å²) in [6, 6.07) is 12.0. The van der Waals surface area contributed by atoms with Gasteiger partial charge >= 0.3 is 0 Å². The third kappa shape index (κ3) is 6.54. The number of nitrogens with zero attached hydrogens (tertiary/aromatic N) is 2. The lowest BCUT2D eigenvalue weighted by Crippen LogP contribution is -2.29. The van der Waals surface area contributed by atoms with Crippen LogP contribution in [0.1, 0.15) is 29.9 Å². The zero-order chi connectivity index (χ0) is 24.0. The Bertz CT molecular complexity index is 1110. The van der Waals surface area contributed by atoms with Crippen LogP contribution >= 0.6 is 35.6 Å². The van der Waals surface area contributed by atoms with E-state index in [4.69, 9.17) is 36.9 Å². The third-order valence-corrected chi connectivity index (χ3v) is 5.53. The normalized spacial score (nSPS) is 11.3. The summed E-state index contributed by atoms with van der Waals surface area (Å²) in [6.07, 6.45) is 1.61. The van der Waals surface area contributed by atoms with Crippen molar-refractivity contribution in [3.8, 4) is 17.2 Å². The number of hydrogen-bond acceptors (Lipinski definition) is 6. The number of benzene rings is 2. The predicted octanol–water partition coefficient (Wildman–Crippen LogP) is 6.23. The average molecular weight is 514 g/mol. The van der Waals surface area contributed by atoms with E-state index in [0.29, 0.717) is 33.5 Å². The largest absolute Gasteiger partial charge is 0.493 e. The van der Waals surface area contributed by atoms with Crippen LogP contribution in [0.25, 0.3) is 5.69 Å². The van der Waals surface area contributed by atoms with Crippen LogP contribution in [0.5, 0.6) is 11.5 Å². The van der Waals surface area contributed by atoms with Crippen LogP contribution in [0.4, 0.5) is 9.57 Å². The topological polar surface area (TPSA) is 74.6 Å². The smallest absolute Gasteiger partial charge is 0.259 e. The zero-order valence-electron chi connectivity index (χ0n) is 18.1. The first-order valence-corrected chi connectivity index (χ1v) is 11.3. The first-order chi connectivity index (χ1) is 15.8. The van der Waals surface area contributed by atoms with E-state index >= 15 is 0 Å². The third-order valence-electron chi connectivity index (χ3n) is 4.51. The molecule has 1 N–H and O–H groups in total. The Morgan fingerprint density at radius 2 is 1.94 bits per heavy atom. The van der Waals surface area contributed by atoms with E-state index in [1.165, 1.54) is 7.11 Å². The molecule has 1 amide bonds. The van der Waals surface area contributed by atoms with Crippen molar-refractivity contribution >= 4 is 47.2 Å². The van der Waals surface area contributed by atoms with Crippen molar-refractivity contribution in [2.45, 2.75) is 25.3 Å². The molecule has 0 aliphatic heterocycles. The average Bonchev–Trinajstić information content (AvgIpc) is 3.23. The molecule has 3 rings (SSSR count). The Kier molecular flexibility index (Phi) is 8.47. The van der Waals surface area contributed by atoms with Crippen molar-refractivity contribution in [1.82, 2.24) is 9.78 Å². The van der Waals surface area contributed by atoms with Gasteiger partial charge in [0.25, 0.3) is 5.91 Å². The van der Waals surface area contributed by atoms with Crippen LogP contribution in [0.3, 0.4) is 0 Å². The van der Waals surface area contributed by atoms with Gasteiger partial charge in [-0.05, 0) is 50.2 Å². The molecule has 7 nitrogen and oxygen atoms in total. The van der Waals surface area contributed by atoms with Gasteiger partial charge in [0.05, 0.1) is 29.9 Å². The summed E-state index contributed by atoms with van der Waals surface area (Å²) in [4.78, 5) is 12.9. The van der Waals surface area contributed by atoms with E-state index in [-0.39, 0.29) is 30.8 Å². The number of halogens is 3. The second-order valence-corrected chi connectivity index (χ2v) is 8.55. The number of nitrogens with one attached hydrogen (secondary N) is 1. The summed E-state index contributed by atoms with van der Waals surface area (Å²) < 4.78 is 30.0. The highest BCUT2D eigenvalue weighted by Crippen LogP contribution is 2.32. The number of ether oxygens (including phenoxy) is 2. The van der Waals surface area contributed by atoms with E-state index < -0.39 is 5.60 Å². The summed E-state index contributed by atoms with van der Waals surface area (Å²) in [6.45, 7) is 3.48. The lowest BCUT2D eigenvalue weighted by atomic mass is 10.1. The fraction of sp³-hybridized carbons (Fsp3) is 0.273. The summed E-state index contributed by atoms with van der Waals surface area (Å²) in [5, 5.41) is 7.81. The molecule has 11 heteroatoms. The van der Waals surface area contributed by atoms with Gasteiger partial charge in [-0.25, -0.2) is 4.68 Å². The zero-order valence-corrected chi connectivity index (χ0v) is 20.4. The molecular formula is C22H22Cl2FN3O4S. The maximum Gasteiger partial charge on any atom is 0.259 e. The van der Waals surface area contributed by atoms with E-state index in [9.17, 15) is 8.68 Å². The highest BCUT2D eigenvalue weighted by molar-refractivity contribution is 7.89. The van der Waals surface area contributed by atoms with Gasteiger partial charge < -0.3 is 14.8 Å². The Labute approximate surface area is 205 Å². The maximum absolute atomic E-state index is 12.9. The predicted molar refractivity (Wildman–Crippen MR) is 128 cm³/mol. The molecule has 0 atom stereocenters. The molecule has 0 spiro atoms. The number of carbonyl (C=O) groups excluding carboxylic acids is 1. The number of anilines is 1. The van der Waals surface area contributed by atoms with Gasteiger partial charge in [0.15, 0.2) is 11.5 Å². The van der Waals surface area contributed by atoms with Crippen molar-refractivity contribution in [2.24, 2.45) is 0 Å². The molecule has 3 aromatic rings. The van der Waals surface area contributed by atoms with E-state index in [1.807, 2.05) is 0 Å². The molecule has 1 heterocycles. The van der Waals surface area contributed by atoms with Gasteiger partial charge in [-0.1, -0.05) is 11.6 Å². The van der Waals surface area contributed by atoms with Gasteiger partial charge in [-0.15, -0.1) is 15.5 Å². The molecule has 0 saturated carbocycles. The monoisotopic (exact) mass is 513 g/mol. The van der Waals surface area contributed by atoms with Crippen LogP contribution in [-0.4, -0.2) is 35.0 Å². The highest BCUT2D eigenvalue weighted by Gasteiger charge is 2.22. The van der Waals surface area contributed by atoms with Crippen LogP contribution in [0, 0.1) is 0 Å². The van der Waals surface area contributed by atoms with E-state index in [1.54, 1.807) is 67.2 Å². The Morgan fingerprint density at radius 1 is 1.21 bits per heavy atom. The standard InChI is InChI=1S/C22H22Cl2FN3O4S/c1-22(2,32-33-25)13-31-19-9-6-15(10-20(19)30-3)26-21(29)17-12-28(27-18(17)11-23)16-7-4-14(24)5-8-16/h4-10,12H,11,13H2,1-3H3,(H,26,29). The molecule has 0 radical (unpaired) electrons. The number of amides is 1. The summed E-state index contributed by atoms with van der Waals surface area (Å²) in [5.74, 6) is 0.504. The molecule has 0 fully saturated rings. The molecule has 0 bridgehead atoms. The number of hydrogen-bond donors (Lipinski definition) is 1. The molecule has 33 heavy (non-hydrogen) atoms. The Morgan fingerprint density at radius 3 is 2.58 bits per heavy atom. The molecule has 0 unspecified atom stereocenters. The van der Waals surface area contributed by atoms with Crippen molar-refractivity contribution < 1.29 is 22.3 Å². The molecule has 1 aromatic heterocycles. The van der Waals surface area contributed by atoms with E-state index in [2.05, 4.69) is 10.4 Å². The lowest BCUT2D eigenvalue weighted by Gasteiger charge is -2.22. The summed E-state index contributed by atoms with van der Waals surface area (Å²) in [7, 11) is 1.48. The Balaban J connectivity index is 1.76. The second-order valence-electron chi connectivity index (χ2n) is 7.56. The molecule has 176 valence electrons. The summed E-state index contributed by atoms with van der Waals surface area (Å²) >= 11 is 11.7. The molecule has 0 aliphatic rings. The lowest BCUT2D eigenvalue weighted by molar-refractivity contribution is 0.0676. The van der Waals surface area contributed by atoms with Crippen molar-refractivity contribution in [2.75, 3.05) is 19.0 Å². The highest BCUT2D eigenvalue weighted by atomic mass is 35.5. The molecule has 0 aliphatic carbocycles. The minimum atomic E-state index is -0.848. The van der Waals surface area contributed by atoms with Crippen LogP contribution in [0.2, 0.25) is 5.02 Å². The van der Waals surface area contributed by atoms with Crippen LogP contribution in [0.15, 0.2) is 48.7 Å². The summed E-state index contributed by atoms with van der Waals surface area (Å²) in [5.41, 5.74) is 1.15. The number of methoxy groups -OCH3 is 1. The van der Waals surface area contributed by atoms with Gasteiger partial charge in [0, 0.05) is 23.0 Å². The van der Waals surface area contributed by atoms with Gasteiger partial charge in [-0.3, -0.25) is 8.98 Å². The quantitative estimate of drug-likeness (QED) is 0.255. The minimum absolute atomic E-state index is 0.0640. The fourth-order valence-electron chi connectivity index (χ4n) is 2.85. The van der Waals surface area contributed by atoms with Gasteiger partial charge in [-0.2, -0.15) is 5.10 Å². The van der Waals surface area contributed by atoms with Crippen LogP contribution in [-0.2, 0) is 10.1 Å². The fourth-order valence-corrected chi connectivity index (χ4v) is 3.39. The number of carbonyl (C=O) groups is 1. The van der Waals surface area contributed by atoms with Crippen LogP contribution < -0.4 is 14.8 Å². The number of aromatic nitrogens is 2. The molecular weight excluding hydrogens is 492 g/mol. The van der Waals surface area contributed by atoms with Gasteiger partial charge in [0.1, 0.15) is 12.2 Å². The SMILES string of the molecule is COc1cc(NC(=O)c2cn(-c3ccc(Cl)cc3)nc2CCl)ccc1OCC(C)(C)OSF. The van der Waals surface area contributed by atoms with Crippen molar-refractivity contribution in [3.05, 3.63) is 64.9 Å². The second kappa shape index (κ2) is 11.1. The van der Waals surface area contributed by atoms with Crippen molar-refractivity contribution in [3.63, 3.8) is 0 Å². The first-order valence-electron chi connectivity index (χ1n) is 9.75. The minimum Gasteiger partial charge on any atom is -0.493 e. The number of alkyl halides is 1. The molecule has 0 saturated heterocycles. The van der Waals surface area contributed by atoms with Gasteiger partial charge in [0.2, 0.25) is 12.4 Å². The van der Waals surface area contributed by atoms with Crippen molar-refractivity contribution in [1.29, 1.82) is 0 Å². The first kappa shape index (κ1) is 25.2. The molecule has 2 aromatic carbocycles. The number of rotatable bonds is 10.